The summed E-state index contributed by atoms with van der Waals surface area (Å²) in [6.45, 7) is 3.08. The molecule has 6 heteroatoms. The van der Waals surface area contributed by atoms with Gasteiger partial charge in [-0.3, -0.25) is 4.79 Å². The van der Waals surface area contributed by atoms with Gasteiger partial charge in [-0.25, -0.2) is 4.79 Å². The summed E-state index contributed by atoms with van der Waals surface area (Å²) in [7, 11) is 0. The average molecular weight is 299 g/mol. The molecule has 20 heavy (non-hydrogen) atoms. The van der Waals surface area contributed by atoms with E-state index in [-0.39, 0.29) is 18.0 Å². The number of anilines is 1. The fraction of sp³-hybridized carbons (Fsp3) is 0.429. The van der Waals surface area contributed by atoms with Gasteiger partial charge in [-0.15, -0.1) is 0 Å². The maximum atomic E-state index is 11.7. The molecule has 5 nitrogen and oxygen atoms in total. The first kappa shape index (κ1) is 16.5. The third-order valence-corrected chi connectivity index (χ3v) is 3.06. The molecular weight excluding hydrogens is 280 g/mol. The van der Waals surface area contributed by atoms with Gasteiger partial charge in [0.1, 0.15) is 0 Å². The molecule has 0 unspecified atom stereocenters. The molecule has 0 fully saturated rings. The second-order valence-electron chi connectivity index (χ2n) is 4.43. The minimum atomic E-state index is -1.06. The van der Waals surface area contributed by atoms with E-state index in [1.54, 1.807) is 0 Å². The van der Waals surface area contributed by atoms with E-state index < -0.39 is 5.97 Å². The number of carbonyl (C=O) groups is 2. The molecule has 0 heterocycles. The number of hydrogen-bond donors (Lipinski definition) is 3. The van der Waals surface area contributed by atoms with Crippen molar-refractivity contribution < 1.29 is 14.7 Å². The maximum Gasteiger partial charge on any atom is 0.335 e. The number of nitrogens with one attached hydrogen (secondary N) is 2. The van der Waals surface area contributed by atoms with Gasteiger partial charge in [-0.2, -0.15) is 0 Å². The van der Waals surface area contributed by atoms with E-state index in [0.29, 0.717) is 10.7 Å². The molecule has 0 atom stereocenters. The van der Waals surface area contributed by atoms with Crippen LogP contribution in [0.5, 0.6) is 0 Å². The van der Waals surface area contributed by atoms with E-state index in [0.717, 1.165) is 25.8 Å². The van der Waals surface area contributed by atoms with Gasteiger partial charge >= 0.3 is 5.97 Å². The van der Waals surface area contributed by atoms with Crippen molar-refractivity contribution in [1.29, 1.82) is 0 Å². The Morgan fingerprint density at radius 3 is 2.70 bits per heavy atom. The minimum absolute atomic E-state index is 0.0839. The van der Waals surface area contributed by atoms with Gasteiger partial charge in [0.25, 0.3) is 0 Å². The lowest BCUT2D eigenvalue weighted by Crippen LogP contribution is -2.28. The van der Waals surface area contributed by atoms with Crippen LogP contribution in [0.25, 0.3) is 0 Å². The zero-order valence-corrected chi connectivity index (χ0v) is 12.2. The van der Waals surface area contributed by atoms with Crippen molar-refractivity contribution in [3.05, 3.63) is 28.8 Å². The van der Waals surface area contributed by atoms with Crippen molar-refractivity contribution in [2.45, 2.75) is 26.2 Å². The normalized spacial score (nSPS) is 10.3. The molecule has 3 N–H and O–H groups in total. The molecule has 0 saturated heterocycles. The number of rotatable bonds is 8. The van der Waals surface area contributed by atoms with E-state index in [4.69, 9.17) is 16.7 Å². The van der Waals surface area contributed by atoms with Crippen LogP contribution in [0.15, 0.2) is 18.2 Å². The van der Waals surface area contributed by atoms with Gasteiger partial charge < -0.3 is 15.7 Å². The molecule has 0 radical (unpaired) electrons. The highest BCUT2D eigenvalue weighted by Gasteiger charge is 2.09. The Kier molecular flexibility index (Phi) is 7.04. The van der Waals surface area contributed by atoms with Crippen LogP contribution in [-0.4, -0.2) is 30.1 Å². The second-order valence-corrected chi connectivity index (χ2v) is 4.84. The first-order valence-corrected chi connectivity index (χ1v) is 6.95. The molecule has 110 valence electrons. The van der Waals surface area contributed by atoms with Crippen molar-refractivity contribution in [2.24, 2.45) is 0 Å². The predicted octanol–water partition coefficient (Wildman–Crippen LogP) is 2.76. The van der Waals surface area contributed by atoms with Gasteiger partial charge in [0.15, 0.2) is 0 Å². The molecule has 0 saturated carbocycles. The summed E-state index contributed by atoms with van der Waals surface area (Å²) in [6, 6.07) is 4.19. The van der Waals surface area contributed by atoms with Crippen molar-refractivity contribution >= 4 is 29.2 Å². The first-order valence-electron chi connectivity index (χ1n) is 6.58. The van der Waals surface area contributed by atoms with Crippen LogP contribution in [0.2, 0.25) is 5.02 Å². The van der Waals surface area contributed by atoms with Gasteiger partial charge in [0, 0.05) is 0 Å². The predicted molar refractivity (Wildman–Crippen MR) is 79.4 cm³/mol. The Morgan fingerprint density at radius 1 is 1.30 bits per heavy atom. The molecule has 1 aromatic carbocycles. The third-order valence-electron chi connectivity index (χ3n) is 2.73. The van der Waals surface area contributed by atoms with E-state index in [9.17, 15) is 9.59 Å². The monoisotopic (exact) mass is 298 g/mol. The van der Waals surface area contributed by atoms with Crippen molar-refractivity contribution in [3.63, 3.8) is 0 Å². The summed E-state index contributed by atoms with van der Waals surface area (Å²) < 4.78 is 0. The Hall–Kier alpha value is -1.59. The van der Waals surface area contributed by atoms with Crippen LogP contribution in [0, 0.1) is 0 Å². The van der Waals surface area contributed by atoms with Crippen molar-refractivity contribution in [1.82, 2.24) is 5.32 Å². The molecule has 0 aromatic heterocycles. The second kappa shape index (κ2) is 8.55. The Morgan fingerprint density at radius 2 is 2.05 bits per heavy atom. The van der Waals surface area contributed by atoms with Gasteiger partial charge in [0.2, 0.25) is 5.91 Å². The number of aromatic carboxylic acids is 1. The van der Waals surface area contributed by atoms with Crippen LogP contribution in [0.1, 0.15) is 36.5 Å². The van der Waals surface area contributed by atoms with Crippen LogP contribution < -0.4 is 10.6 Å². The van der Waals surface area contributed by atoms with Gasteiger partial charge in [-0.1, -0.05) is 31.4 Å². The number of carbonyl (C=O) groups excluding carboxylic acids is 1. The molecule has 0 aliphatic carbocycles. The quantitative estimate of drug-likeness (QED) is 0.645. The lowest BCUT2D eigenvalue weighted by Gasteiger charge is -2.09. The van der Waals surface area contributed by atoms with Crippen LogP contribution in [0.3, 0.4) is 0 Å². The molecular formula is C14H19ClN2O3. The number of carboxylic acid groups (broad SMARTS) is 1. The Balaban J connectivity index is 2.49. The fourth-order valence-electron chi connectivity index (χ4n) is 1.65. The van der Waals surface area contributed by atoms with Crippen LogP contribution in [0.4, 0.5) is 5.69 Å². The summed E-state index contributed by atoms with van der Waals surface area (Å²) in [6.07, 6.45) is 3.28. The van der Waals surface area contributed by atoms with E-state index in [1.165, 1.54) is 18.2 Å². The van der Waals surface area contributed by atoms with Crippen LogP contribution in [-0.2, 0) is 4.79 Å². The summed E-state index contributed by atoms with van der Waals surface area (Å²) in [4.78, 5) is 22.6. The maximum absolute atomic E-state index is 11.7. The zero-order chi connectivity index (χ0) is 15.0. The van der Waals surface area contributed by atoms with Crippen molar-refractivity contribution in [3.8, 4) is 0 Å². The summed E-state index contributed by atoms with van der Waals surface area (Å²) in [5.74, 6) is -1.30. The number of unbranched alkanes of at least 4 members (excludes halogenated alkanes) is 2. The Bertz CT molecular complexity index is 477. The molecule has 1 rings (SSSR count). The lowest BCUT2D eigenvalue weighted by molar-refractivity contribution is -0.115. The molecule has 0 spiro atoms. The fourth-order valence-corrected chi connectivity index (χ4v) is 1.82. The molecule has 1 aromatic rings. The van der Waals surface area contributed by atoms with E-state index in [1.807, 2.05) is 0 Å². The Labute approximate surface area is 123 Å². The lowest BCUT2D eigenvalue weighted by atomic mass is 10.2. The van der Waals surface area contributed by atoms with Gasteiger partial charge in [0.05, 0.1) is 22.8 Å². The number of amides is 1. The van der Waals surface area contributed by atoms with Gasteiger partial charge in [-0.05, 0) is 31.2 Å². The first-order chi connectivity index (χ1) is 9.54. The van der Waals surface area contributed by atoms with E-state index >= 15 is 0 Å². The summed E-state index contributed by atoms with van der Waals surface area (Å²) >= 11 is 5.92. The highest BCUT2D eigenvalue weighted by molar-refractivity contribution is 6.33. The standard InChI is InChI=1S/C14H19ClN2O3/c1-2-3-4-7-16-9-13(18)17-12-8-10(14(19)20)5-6-11(12)15/h5-6,8,16H,2-4,7,9H2,1H3,(H,17,18)(H,19,20). The molecule has 0 aliphatic rings. The topological polar surface area (TPSA) is 78.4 Å². The summed E-state index contributed by atoms with van der Waals surface area (Å²) in [5.41, 5.74) is 0.396. The number of hydrogen-bond acceptors (Lipinski definition) is 3. The largest absolute Gasteiger partial charge is 0.478 e. The molecule has 0 aliphatic heterocycles. The highest BCUT2D eigenvalue weighted by atomic mass is 35.5. The average Bonchev–Trinajstić information content (AvgIpc) is 2.40. The van der Waals surface area contributed by atoms with Crippen molar-refractivity contribution in [2.75, 3.05) is 18.4 Å². The number of carboxylic acids is 1. The number of halogens is 1. The summed E-state index contributed by atoms with van der Waals surface area (Å²) in [5, 5.41) is 14.8. The highest BCUT2D eigenvalue weighted by Crippen LogP contribution is 2.22. The smallest absolute Gasteiger partial charge is 0.335 e. The third kappa shape index (κ3) is 5.59. The zero-order valence-electron chi connectivity index (χ0n) is 11.4. The molecule has 0 bridgehead atoms. The minimum Gasteiger partial charge on any atom is -0.478 e. The molecule has 1 amide bonds. The van der Waals surface area contributed by atoms with Crippen LogP contribution >= 0.6 is 11.6 Å². The SMILES string of the molecule is CCCCCNCC(=O)Nc1cc(C(=O)O)ccc1Cl. The van der Waals surface area contributed by atoms with E-state index in [2.05, 4.69) is 17.6 Å². The number of benzene rings is 1.